The van der Waals surface area contributed by atoms with Crippen molar-refractivity contribution in [3.63, 3.8) is 0 Å². The van der Waals surface area contributed by atoms with Gasteiger partial charge in [-0.15, -0.1) is 0 Å². The van der Waals surface area contributed by atoms with Crippen LogP contribution in [0.1, 0.15) is 19.4 Å². The van der Waals surface area contributed by atoms with Crippen LogP contribution in [0.3, 0.4) is 0 Å². The second-order valence-electron chi connectivity index (χ2n) is 4.84. The summed E-state index contributed by atoms with van der Waals surface area (Å²) in [5.74, 6) is 0. The summed E-state index contributed by atoms with van der Waals surface area (Å²) in [6.07, 6.45) is 1.00. The standard InChI is InChI=1S/C13H20BrNO/c1-13(2,10-16)9-15-8-7-11-5-3-4-6-12(11)14/h3-6,15-16H,7-10H2,1-2H3. The molecule has 0 aliphatic carbocycles. The van der Waals surface area contributed by atoms with Crippen molar-refractivity contribution in [3.8, 4) is 0 Å². The lowest BCUT2D eigenvalue weighted by Crippen LogP contribution is -2.33. The first-order valence-electron chi connectivity index (χ1n) is 5.60. The van der Waals surface area contributed by atoms with E-state index in [2.05, 4.69) is 53.3 Å². The van der Waals surface area contributed by atoms with Crippen LogP contribution in [0.4, 0.5) is 0 Å². The molecule has 16 heavy (non-hydrogen) atoms. The maximum Gasteiger partial charge on any atom is 0.0494 e. The molecule has 90 valence electrons. The average molecular weight is 286 g/mol. The minimum atomic E-state index is -0.0338. The van der Waals surface area contributed by atoms with Gasteiger partial charge >= 0.3 is 0 Å². The molecule has 0 saturated carbocycles. The van der Waals surface area contributed by atoms with E-state index in [0.29, 0.717) is 0 Å². The van der Waals surface area contributed by atoms with Crippen LogP contribution in [0.25, 0.3) is 0 Å². The Morgan fingerprint density at radius 1 is 1.31 bits per heavy atom. The highest BCUT2D eigenvalue weighted by atomic mass is 79.9. The van der Waals surface area contributed by atoms with Crippen LogP contribution < -0.4 is 5.32 Å². The van der Waals surface area contributed by atoms with Gasteiger partial charge in [-0.1, -0.05) is 48.0 Å². The molecular formula is C13H20BrNO. The van der Waals surface area contributed by atoms with Crippen molar-refractivity contribution in [1.29, 1.82) is 0 Å². The fraction of sp³-hybridized carbons (Fsp3) is 0.538. The van der Waals surface area contributed by atoms with Gasteiger partial charge in [-0.2, -0.15) is 0 Å². The van der Waals surface area contributed by atoms with E-state index < -0.39 is 0 Å². The minimum absolute atomic E-state index is 0.0338. The first-order chi connectivity index (χ1) is 7.55. The van der Waals surface area contributed by atoms with Gasteiger partial charge in [-0.25, -0.2) is 0 Å². The number of rotatable bonds is 6. The molecule has 0 amide bonds. The average Bonchev–Trinajstić information content (AvgIpc) is 2.27. The summed E-state index contributed by atoms with van der Waals surface area (Å²) in [6, 6.07) is 8.27. The Hall–Kier alpha value is -0.380. The molecule has 2 nitrogen and oxygen atoms in total. The topological polar surface area (TPSA) is 32.3 Å². The number of nitrogens with one attached hydrogen (secondary N) is 1. The van der Waals surface area contributed by atoms with E-state index in [9.17, 15) is 0 Å². The van der Waals surface area contributed by atoms with E-state index >= 15 is 0 Å². The van der Waals surface area contributed by atoms with Crippen LogP contribution in [0, 0.1) is 5.41 Å². The molecule has 0 atom stereocenters. The van der Waals surface area contributed by atoms with Crippen molar-refractivity contribution < 1.29 is 5.11 Å². The molecule has 0 unspecified atom stereocenters. The number of aliphatic hydroxyl groups is 1. The molecule has 1 aromatic rings. The summed E-state index contributed by atoms with van der Waals surface area (Å²) in [5, 5.41) is 12.5. The number of aliphatic hydroxyl groups excluding tert-OH is 1. The van der Waals surface area contributed by atoms with Gasteiger partial charge in [0, 0.05) is 23.0 Å². The third-order valence-corrected chi connectivity index (χ3v) is 3.33. The van der Waals surface area contributed by atoms with Crippen LogP contribution in [0.15, 0.2) is 28.7 Å². The van der Waals surface area contributed by atoms with Gasteiger partial charge in [-0.3, -0.25) is 0 Å². The second kappa shape index (κ2) is 6.38. The highest BCUT2D eigenvalue weighted by molar-refractivity contribution is 9.10. The van der Waals surface area contributed by atoms with Crippen LogP contribution in [-0.2, 0) is 6.42 Å². The van der Waals surface area contributed by atoms with E-state index in [0.717, 1.165) is 19.5 Å². The van der Waals surface area contributed by atoms with Crippen molar-refractivity contribution >= 4 is 15.9 Å². The Morgan fingerprint density at radius 3 is 2.62 bits per heavy atom. The van der Waals surface area contributed by atoms with E-state index in [1.807, 2.05) is 6.07 Å². The molecule has 0 aliphatic heterocycles. The van der Waals surface area contributed by atoms with Crippen LogP contribution in [0.5, 0.6) is 0 Å². The van der Waals surface area contributed by atoms with Gasteiger partial charge in [0.1, 0.15) is 0 Å². The van der Waals surface area contributed by atoms with Gasteiger partial charge < -0.3 is 10.4 Å². The lowest BCUT2D eigenvalue weighted by Gasteiger charge is -2.21. The first kappa shape index (κ1) is 13.7. The molecular weight excluding hydrogens is 266 g/mol. The smallest absolute Gasteiger partial charge is 0.0494 e. The maximum atomic E-state index is 9.11. The summed E-state index contributed by atoms with van der Waals surface area (Å²) in [7, 11) is 0. The third kappa shape index (κ3) is 4.64. The van der Waals surface area contributed by atoms with Crippen LogP contribution in [-0.4, -0.2) is 24.8 Å². The Morgan fingerprint density at radius 2 is 2.00 bits per heavy atom. The van der Waals surface area contributed by atoms with Crippen molar-refractivity contribution in [3.05, 3.63) is 34.3 Å². The van der Waals surface area contributed by atoms with Gasteiger partial charge in [0.05, 0.1) is 0 Å². The predicted molar refractivity (Wildman–Crippen MR) is 71.6 cm³/mol. The van der Waals surface area contributed by atoms with E-state index in [1.54, 1.807) is 0 Å². The molecule has 1 aromatic carbocycles. The predicted octanol–water partition coefficient (Wildman–Crippen LogP) is 2.60. The quantitative estimate of drug-likeness (QED) is 0.788. The lowest BCUT2D eigenvalue weighted by atomic mass is 9.95. The molecule has 1 rings (SSSR count). The lowest BCUT2D eigenvalue weighted by molar-refractivity contribution is 0.157. The van der Waals surface area contributed by atoms with Crippen molar-refractivity contribution in [1.82, 2.24) is 5.32 Å². The van der Waals surface area contributed by atoms with E-state index in [4.69, 9.17) is 5.11 Å². The first-order valence-corrected chi connectivity index (χ1v) is 6.39. The summed E-state index contributed by atoms with van der Waals surface area (Å²) in [4.78, 5) is 0. The zero-order valence-corrected chi connectivity index (χ0v) is 11.5. The van der Waals surface area contributed by atoms with Crippen molar-refractivity contribution in [2.45, 2.75) is 20.3 Å². The molecule has 2 N–H and O–H groups in total. The van der Waals surface area contributed by atoms with Crippen molar-refractivity contribution in [2.75, 3.05) is 19.7 Å². The molecule has 0 aliphatic rings. The molecule has 0 saturated heterocycles. The van der Waals surface area contributed by atoms with Crippen molar-refractivity contribution in [2.24, 2.45) is 5.41 Å². The van der Waals surface area contributed by atoms with Crippen LogP contribution >= 0.6 is 15.9 Å². The van der Waals surface area contributed by atoms with E-state index in [-0.39, 0.29) is 12.0 Å². The zero-order valence-electron chi connectivity index (χ0n) is 9.96. The monoisotopic (exact) mass is 285 g/mol. The molecule has 0 bridgehead atoms. The Kier molecular flexibility index (Phi) is 5.46. The molecule has 0 radical (unpaired) electrons. The minimum Gasteiger partial charge on any atom is -0.396 e. The maximum absolute atomic E-state index is 9.11. The largest absolute Gasteiger partial charge is 0.396 e. The summed E-state index contributed by atoms with van der Waals surface area (Å²) >= 11 is 3.53. The summed E-state index contributed by atoms with van der Waals surface area (Å²) < 4.78 is 1.17. The Labute approximate surface area is 106 Å². The van der Waals surface area contributed by atoms with Gasteiger partial charge in [0.15, 0.2) is 0 Å². The SMILES string of the molecule is CC(C)(CO)CNCCc1ccccc1Br. The normalized spacial score (nSPS) is 11.8. The highest BCUT2D eigenvalue weighted by Crippen LogP contribution is 2.16. The fourth-order valence-electron chi connectivity index (χ4n) is 1.41. The highest BCUT2D eigenvalue weighted by Gasteiger charge is 2.15. The second-order valence-corrected chi connectivity index (χ2v) is 5.69. The molecule has 0 aromatic heterocycles. The summed E-state index contributed by atoms with van der Waals surface area (Å²) in [5.41, 5.74) is 1.28. The number of halogens is 1. The number of hydrogen-bond acceptors (Lipinski definition) is 2. The van der Waals surface area contributed by atoms with Gasteiger partial charge in [-0.05, 0) is 24.6 Å². The van der Waals surface area contributed by atoms with Gasteiger partial charge in [0.2, 0.25) is 0 Å². The van der Waals surface area contributed by atoms with Gasteiger partial charge in [0.25, 0.3) is 0 Å². The zero-order chi connectivity index (χ0) is 12.0. The molecule has 3 heteroatoms. The summed E-state index contributed by atoms with van der Waals surface area (Å²) in [6.45, 7) is 6.10. The Bertz CT molecular complexity index is 325. The molecule has 0 fully saturated rings. The number of benzene rings is 1. The third-order valence-electron chi connectivity index (χ3n) is 2.56. The molecule has 0 spiro atoms. The Balaban J connectivity index is 2.29. The number of hydrogen-bond donors (Lipinski definition) is 2. The van der Waals surface area contributed by atoms with Crippen LogP contribution in [0.2, 0.25) is 0 Å². The molecule has 0 heterocycles. The van der Waals surface area contributed by atoms with E-state index in [1.165, 1.54) is 10.0 Å². The fourth-order valence-corrected chi connectivity index (χ4v) is 1.89.